The molecule has 0 aromatic carbocycles. The van der Waals surface area contributed by atoms with Crippen molar-refractivity contribution >= 4 is 0 Å². The zero-order valence-electron chi connectivity index (χ0n) is 4.74. The van der Waals surface area contributed by atoms with Crippen molar-refractivity contribution in [2.24, 2.45) is 0 Å². The van der Waals surface area contributed by atoms with Crippen LogP contribution in [-0.2, 0) is 4.74 Å². The Bertz CT molecular complexity index is 234. The largest absolute Gasteiger partial charge is 0.357 e. The molecular weight excluding hydrogens is 114 g/mol. The first kappa shape index (κ1) is 4.78. The average Bonchev–Trinajstić information content (AvgIpc) is 2.45. The summed E-state index contributed by atoms with van der Waals surface area (Å²) in [5.41, 5.74) is 0.752. The molecule has 0 spiro atoms. The molecule has 2 heterocycles. The lowest BCUT2D eigenvalue weighted by molar-refractivity contribution is 0.133. The van der Waals surface area contributed by atoms with Crippen LogP contribution in [-0.4, -0.2) is 12.2 Å². The predicted octanol–water partition coefficient (Wildman–Crippen LogP) is 0.774. The van der Waals surface area contributed by atoms with Gasteiger partial charge in [0.05, 0.1) is 17.7 Å². The monoisotopic (exact) mass is 119 g/mol. The van der Waals surface area contributed by atoms with Crippen molar-refractivity contribution in [1.29, 1.82) is 5.26 Å². The molecule has 2 rings (SSSR count). The summed E-state index contributed by atoms with van der Waals surface area (Å²) >= 11 is 0. The van der Waals surface area contributed by atoms with Crippen LogP contribution in [0.3, 0.4) is 0 Å². The topological polar surface area (TPSA) is 33.0 Å². The minimum absolute atomic E-state index is 0.0278. The molecule has 0 aromatic heterocycles. The minimum Gasteiger partial charge on any atom is -0.357 e. The van der Waals surface area contributed by atoms with Gasteiger partial charge in [0.2, 0.25) is 0 Å². The predicted molar refractivity (Wildman–Crippen MR) is 31.5 cm³/mol. The van der Waals surface area contributed by atoms with Crippen LogP contribution in [0, 0.1) is 11.3 Å². The van der Waals surface area contributed by atoms with Crippen molar-refractivity contribution in [2.75, 3.05) is 0 Å². The summed E-state index contributed by atoms with van der Waals surface area (Å²) in [5.74, 6) is 0. The molecule has 44 valence electrons. The van der Waals surface area contributed by atoms with E-state index >= 15 is 0 Å². The number of nitrogens with zero attached hydrogens (tertiary/aromatic N) is 1. The summed E-state index contributed by atoms with van der Waals surface area (Å²) in [7, 11) is 0. The minimum atomic E-state index is -0.0278. The van der Waals surface area contributed by atoms with Crippen molar-refractivity contribution in [3.8, 4) is 6.07 Å². The Hall–Kier alpha value is -1.07. The van der Waals surface area contributed by atoms with Gasteiger partial charge in [-0.25, -0.2) is 0 Å². The smallest absolute Gasteiger partial charge is 0.112 e. The molecule has 0 N–H and O–H groups in total. The van der Waals surface area contributed by atoms with Crippen molar-refractivity contribution in [1.82, 2.24) is 0 Å². The zero-order chi connectivity index (χ0) is 6.27. The first-order chi connectivity index (χ1) is 4.40. The standard InChI is InChI=1S/C7H5NO/c8-4-5-3-6-1-2-7(5)9-6/h1-3,6-7H. The molecule has 0 amide bonds. The number of nitriles is 1. The molecule has 9 heavy (non-hydrogen) atoms. The lowest BCUT2D eigenvalue weighted by Crippen LogP contribution is -2.01. The molecule has 2 aliphatic heterocycles. The van der Waals surface area contributed by atoms with Crippen LogP contribution in [0.15, 0.2) is 23.8 Å². The van der Waals surface area contributed by atoms with Crippen LogP contribution >= 0.6 is 0 Å². The Morgan fingerprint density at radius 3 is 2.78 bits per heavy atom. The van der Waals surface area contributed by atoms with E-state index in [1.165, 1.54) is 0 Å². The maximum Gasteiger partial charge on any atom is 0.112 e. The molecule has 2 bridgehead atoms. The van der Waals surface area contributed by atoms with Crippen LogP contribution < -0.4 is 0 Å². The van der Waals surface area contributed by atoms with Crippen molar-refractivity contribution in [2.45, 2.75) is 12.2 Å². The first-order valence-corrected chi connectivity index (χ1v) is 2.86. The molecule has 2 atom stereocenters. The quantitative estimate of drug-likeness (QED) is 0.441. The highest BCUT2D eigenvalue weighted by atomic mass is 16.5. The van der Waals surface area contributed by atoms with Gasteiger partial charge in [-0.05, 0) is 6.08 Å². The fourth-order valence-electron chi connectivity index (χ4n) is 1.11. The van der Waals surface area contributed by atoms with E-state index in [0.29, 0.717) is 0 Å². The molecule has 0 saturated heterocycles. The third kappa shape index (κ3) is 0.524. The lowest BCUT2D eigenvalue weighted by Gasteiger charge is -1.97. The molecular formula is C7H5NO. The van der Waals surface area contributed by atoms with Crippen LogP contribution in [0.4, 0.5) is 0 Å². The Balaban J connectivity index is 2.35. The van der Waals surface area contributed by atoms with E-state index < -0.39 is 0 Å². The highest BCUT2D eigenvalue weighted by Gasteiger charge is 2.28. The van der Waals surface area contributed by atoms with Crippen molar-refractivity contribution in [3.63, 3.8) is 0 Å². The Labute approximate surface area is 53.0 Å². The molecule has 0 aliphatic carbocycles. The second-order valence-electron chi connectivity index (χ2n) is 2.14. The number of ether oxygens (including phenoxy) is 1. The molecule has 2 aliphatic rings. The van der Waals surface area contributed by atoms with Gasteiger partial charge in [-0.1, -0.05) is 12.2 Å². The van der Waals surface area contributed by atoms with Gasteiger partial charge >= 0.3 is 0 Å². The first-order valence-electron chi connectivity index (χ1n) is 2.86. The summed E-state index contributed by atoms with van der Waals surface area (Å²) in [6.07, 6.45) is 5.80. The maximum atomic E-state index is 8.46. The van der Waals surface area contributed by atoms with Crippen LogP contribution in [0.25, 0.3) is 0 Å². The van der Waals surface area contributed by atoms with Gasteiger partial charge in [-0.2, -0.15) is 5.26 Å². The Morgan fingerprint density at radius 1 is 1.56 bits per heavy atom. The number of hydrogen-bond donors (Lipinski definition) is 0. The molecule has 2 unspecified atom stereocenters. The van der Waals surface area contributed by atoms with Crippen molar-refractivity contribution < 1.29 is 4.74 Å². The number of fused-ring (bicyclic) bond motifs is 2. The van der Waals surface area contributed by atoms with Gasteiger partial charge in [0.15, 0.2) is 0 Å². The lowest BCUT2D eigenvalue weighted by atomic mass is 10.1. The van der Waals surface area contributed by atoms with Crippen LogP contribution in [0.5, 0.6) is 0 Å². The van der Waals surface area contributed by atoms with E-state index in [9.17, 15) is 0 Å². The molecule has 0 saturated carbocycles. The van der Waals surface area contributed by atoms with E-state index in [1.807, 2.05) is 18.2 Å². The van der Waals surface area contributed by atoms with Crippen molar-refractivity contribution in [3.05, 3.63) is 23.8 Å². The highest BCUT2D eigenvalue weighted by molar-refractivity contribution is 5.39. The molecule has 2 nitrogen and oxygen atoms in total. The second kappa shape index (κ2) is 1.46. The highest BCUT2D eigenvalue weighted by Crippen LogP contribution is 2.26. The third-order valence-electron chi connectivity index (χ3n) is 1.56. The maximum absolute atomic E-state index is 8.46. The van der Waals surface area contributed by atoms with Crippen LogP contribution in [0.2, 0.25) is 0 Å². The van der Waals surface area contributed by atoms with Crippen LogP contribution in [0.1, 0.15) is 0 Å². The summed E-state index contributed by atoms with van der Waals surface area (Å²) < 4.78 is 5.25. The fourth-order valence-corrected chi connectivity index (χ4v) is 1.11. The number of hydrogen-bond acceptors (Lipinski definition) is 2. The molecule has 0 radical (unpaired) electrons. The van der Waals surface area contributed by atoms with Gasteiger partial charge in [0, 0.05) is 0 Å². The van der Waals surface area contributed by atoms with Gasteiger partial charge in [-0.3, -0.25) is 0 Å². The summed E-state index contributed by atoms with van der Waals surface area (Å²) in [6, 6.07) is 2.08. The number of rotatable bonds is 0. The zero-order valence-corrected chi connectivity index (χ0v) is 4.74. The normalized spacial score (nSPS) is 36.6. The second-order valence-corrected chi connectivity index (χ2v) is 2.14. The molecule has 0 aromatic rings. The van der Waals surface area contributed by atoms with Gasteiger partial charge in [0.25, 0.3) is 0 Å². The fraction of sp³-hybridized carbons (Fsp3) is 0.286. The summed E-state index contributed by atoms with van der Waals surface area (Å²) in [4.78, 5) is 0. The van der Waals surface area contributed by atoms with E-state index in [-0.39, 0.29) is 12.2 Å². The molecule has 2 heteroatoms. The van der Waals surface area contributed by atoms with Gasteiger partial charge in [0.1, 0.15) is 6.10 Å². The van der Waals surface area contributed by atoms with Gasteiger partial charge < -0.3 is 4.74 Å². The third-order valence-corrected chi connectivity index (χ3v) is 1.56. The average molecular weight is 119 g/mol. The van der Waals surface area contributed by atoms with Gasteiger partial charge in [-0.15, -0.1) is 0 Å². The van der Waals surface area contributed by atoms with E-state index in [1.54, 1.807) is 0 Å². The Kier molecular flexibility index (Phi) is 0.773. The summed E-state index contributed by atoms with van der Waals surface area (Å²) in [5, 5.41) is 8.46. The molecule has 0 fully saturated rings. The van der Waals surface area contributed by atoms with E-state index in [0.717, 1.165) is 5.57 Å². The SMILES string of the molecule is N#CC1=CC2C=CC1O2. The van der Waals surface area contributed by atoms with E-state index in [2.05, 4.69) is 6.07 Å². The Morgan fingerprint density at radius 2 is 2.44 bits per heavy atom. The summed E-state index contributed by atoms with van der Waals surface area (Å²) in [6.45, 7) is 0. The van der Waals surface area contributed by atoms with E-state index in [4.69, 9.17) is 10.00 Å².